The van der Waals surface area contributed by atoms with Gasteiger partial charge in [0.05, 0.1) is 11.7 Å². The van der Waals surface area contributed by atoms with E-state index in [0.29, 0.717) is 42.2 Å². The van der Waals surface area contributed by atoms with Crippen molar-refractivity contribution in [1.29, 1.82) is 5.26 Å². The molecule has 10 nitrogen and oxygen atoms in total. The molecule has 0 radical (unpaired) electrons. The lowest BCUT2D eigenvalue weighted by Crippen LogP contribution is -2.42. The van der Waals surface area contributed by atoms with E-state index in [9.17, 15) is 14.9 Å². The first-order valence-electron chi connectivity index (χ1n) is 10.8. The maximum absolute atomic E-state index is 12.3. The van der Waals surface area contributed by atoms with E-state index in [2.05, 4.69) is 21.5 Å². The van der Waals surface area contributed by atoms with Crippen LogP contribution in [0.15, 0.2) is 40.9 Å². The lowest BCUT2D eigenvalue weighted by Gasteiger charge is -2.29. The summed E-state index contributed by atoms with van der Waals surface area (Å²) in [6.07, 6.45) is -0.713. The Labute approximate surface area is 195 Å². The van der Waals surface area contributed by atoms with Crippen molar-refractivity contribution in [2.45, 2.75) is 32.9 Å². The Hall–Kier alpha value is -4.39. The predicted octanol–water partition coefficient (Wildman–Crippen LogP) is 3.21. The van der Waals surface area contributed by atoms with Crippen molar-refractivity contribution in [3.63, 3.8) is 0 Å². The molecule has 0 aliphatic carbocycles. The van der Waals surface area contributed by atoms with Crippen molar-refractivity contribution in [3.05, 3.63) is 53.1 Å². The fourth-order valence-corrected chi connectivity index (χ4v) is 3.85. The molecule has 2 amide bonds. The van der Waals surface area contributed by atoms with E-state index in [4.69, 9.17) is 14.4 Å². The first-order valence-corrected chi connectivity index (χ1v) is 10.8. The Morgan fingerprint density at radius 1 is 1.32 bits per heavy atom. The van der Waals surface area contributed by atoms with Gasteiger partial charge in [-0.05, 0) is 49.6 Å². The van der Waals surface area contributed by atoms with E-state index in [0.717, 1.165) is 16.7 Å². The van der Waals surface area contributed by atoms with Gasteiger partial charge in [0.2, 0.25) is 11.7 Å². The number of nitrogens with zero attached hydrogens (tertiary/aromatic N) is 4. The van der Waals surface area contributed by atoms with Crippen molar-refractivity contribution < 1.29 is 24.0 Å². The van der Waals surface area contributed by atoms with E-state index >= 15 is 0 Å². The van der Waals surface area contributed by atoms with Gasteiger partial charge in [0, 0.05) is 24.2 Å². The van der Waals surface area contributed by atoms with Crippen molar-refractivity contribution in [1.82, 2.24) is 20.4 Å². The van der Waals surface area contributed by atoms with Gasteiger partial charge in [-0.2, -0.15) is 10.2 Å². The summed E-state index contributed by atoms with van der Waals surface area (Å²) >= 11 is 0. The molecule has 2 heterocycles. The Bertz CT molecular complexity index is 1280. The largest absolute Gasteiger partial charge is 0.490 e. The van der Waals surface area contributed by atoms with Crippen LogP contribution < -0.4 is 10.1 Å². The molecule has 0 bridgehead atoms. The number of fused-ring (bicyclic) bond motifs is 1. The molecule has 2 N–H and O–H groups in total. The molecule has 1 aliphatic rings. The minimum absolute atomic E-state index is 0.0585. The molecule has 0 spiro atoms. The lowest BCUT2D eigenvalue weighted by atomic mass is 9.94. The number of hydrogen-bond donors (Lipinski definition) is 2. The molecule has 2 aromatic carbocycles. The zero-order valence-corrected chi connectivity index (χ0v) is 18.7. The quantitative estimate of drug-likeness (QED) is 0.570. The van der Waals surface area contributed by atoms with Crippen LogP contribution in [-0.4, -0.2) is 51.3 Å². The van der Waals surface area contributed by atoms with E-state index in [1.54, 1.807) is 23.1 Å². The number of nitrogens with one attached hydrogen (secondary N) is 1. The number of ether oxygens (including phenoxy) is 1. The third-order valence-corrected chi connectivity index (χ3v) is 5.39. The fourth-order valence-electron chi connectivity index (χ4n) is 3.85. The normalized spacial score (nSPS) is 12.7. The maximum Gasteiger partial charge on any atom is 0.405 e. The second-order valence-electron chi connectivity index (χ2n) is 8.08. The number of amides is 2. The monoisotopic (exact) mass is 461 g/mol. The van der Waals surface area contributed by atoms with Gasteiger partial charge in [-0.1, -0.05) is 23.4 Å². The molecule has 0 unspecified atom stereocenters. The summed E-state index contributed by atoms with van der Waals surface area (Å²) in [7, 11) is 0. The first kappa shape index (κ1) is 22.8. The number of aromatic nitrogens is 2. The van der Waals surface area contributed by atoms with E-state index < -0.39 is 6.09 Å². The van der Waals surface area contributed by atoms with Gasteiger partial charge in [0.15, 0.2) is 0 Å². The summed E-state index contributed by atoms with van der Waals surface area (Å²) in [4.78, 5) is 29.1. The van der Waals surface area contributed by atoms with Crippen molar-refractivity contribution in [2.24, 2.45) is 0 Å². The van der Waals surface area contributed by atoms with Gasteiger partial charge in [-0.15, -0.1) is 0 Å². The van der Waals surface area contributed by atoms with Crippen LogP contribution in [0.25, 0.3) is 22.8 Å². The average Bonchev–Trinajstić information content (AvgIpc) is 3.31. The maximum atomic E-state index is 12.3. The highest BCUT2D eigenvalue weighted by atomic mass is 16.5. The molecule has 0 saturated carbocycles. The van der Waals surface area contributed by atoms with Gasteiger partial charge < -0.3 is 24.6 Å². The molecule has 10 heteroatoms. The number of carboxylic acid groups (broad SMARTS) is 1. The van der Waals surface area contributed by atoms with Crippen LogP contribution in [-0.2, 0) is 17.8 Å². The second kappa shape index (κ2) is 9.62. The van der Waals surface area contributed by atoms with Crippen LogP contribution in [0.4, 0.5) is 4.79 Å². The topological polar surface area (TPSA) is 142 Å². The first-order chi connectivity index (χ1) is 16.4. The molecule has 1 aromatic heterocycles. The smallest absolute Gasteiger partial charge is 0.405 e. The van der Waals surface area contributed by atoms with Gasteiger partial charge in [-0.3, -0.25) is 4.79 Å². The van der Waals surface area contributed by atoms with Gasteiger partial charge in [0.1, 0.15) is 18.4 Å². The number of hydrogen-bond acceptors (Lipinski definition) is 7. The highest BCUT2D eigenvalue weighted by molar-refractivity contribution is 5.82. The molecule has 34 heavy (non-hydrogen) atoms. The van der Waals surface area contributed by atoms with Crippen LogP contribution in [0.1, 0.15) is 30.5 Å². The number of carbonyl (C=O) groups excluding carboxylic acids is 1. The number of nitriles is 1. The molecule has 4 rings (SSSR count). The summed E-state index contributed by atoms with van der Waals surface area (Å²) in [5.74, 6) is 0.919. The molecule has 0 saturated heterocycles. The van der Waals surface area contributed by atoms with Crippen molar-refractivity contribution in [2.75, 3.05) is 13.1 Å². The Balaban J connectivity index is 1.57. The van der Waals surface area contributed by atoms with Crippen LogP contribution in [0, 0.1) is 11.3 Å². The average molecular weight is 461 g/mol. The van der Waals surface area contributed by atoms with Crippen LogP contribution in [0.3, 0.4) is 0 Å². The lowest BCUT2D eigenvalue weighted by molar-refractivity contribution is -0.131. The third kappa shape index (κ3) is 4.83. The van der Waals surface area contributed by atoms with E-state index in [1.165, 1.54) is 0 Å². The molecular weight excluding hydrogens is 438 g/mol. The zero-order chi connectivity index (χ0) is 24.2. The molecule has 1 aliphatic heterocycles. The number of carbonyl (C=O) groups is 2. The van der Waals surface area contributed by atoms with Crippen molar-refractivity contribution >= 4 is 12.0 Å². The summed E-state index contributed by atoms with van der Waals surface area (Å²) in [5.41, 5.74) is 3.76. The number of rotatable bonds is 6. The van der Waals surface area contributed by atoms with Gasteiger partial charge in [0.25, 0.3) is 5.89 Å². The fraction of sp³-hybridized carbons (Fsp3) is 0.292. The summed E-state index contributed by atoms with van der Waals surface area (Å²) in [6.45, 7) is 4.35. The van der Waals surface area contributed by atoms with E-state index in [-0.39, 0.29) is 24.4 Å². The molecule has 174 valence electrons. The Kier molecular flexibility index (Phi) is 6.45. The third-order valence-electron chi connectivity index (χ3n) is 5.39. The SMILES string of the molecule is CC(C)Oc1ccc(-c2nc(-c3cccc4c3CCN(C(=O)CNC(=O)O)C4)no2)cc1C#N. The van der Waals surface area contributed by atoms with Crippen LogP contribution in [0.5, 0.6) is 5.75 Å². The van der Waals surface area contributed by atoms with Crippen LogP contribution >= 0.6 is 0 Å². The van der Waals surface area contributed by atoms with Crippen molar-refractivity contribution in [3.8, 4) is 34.7 Å². The minimum Gasteiger partial charge on any atom is -0.490 e. The molecular formula is C24H23N5O5. The van der Waals surface area contributed by atoms with E-state index in [1.807, 2.05) is 32.0 Å². The highest BCUT2D eigenvalue weighted by Crippen LogP contribution is 2.31. The molecule has 0 atom stereocenters. The highest BCUT2D eigenvalue weighted by Gasteiger charge is 2.24. The Morgan fingerprint density at radius 3 is 2.88 bits per heavy atom. The number of benzene rings is 2. The second-order valence-corrected chi connectivity index (χ2v) is 8.08. The zero-order valence-electron chi connectivity index (χ0n) is 18.7. The Morgan fingerprint density at radius 2 is 2.15 bits per heavy atom. The summed E-state index contributed by atoms with van der Waals surface area (Å²) < 4.78 is 11.2. The standard InChI is InChI=1S/C24H23N5O5/c1-14(2)33-20-7-6-15(10-17(20)11-25)23-27-22(28-34-23)19-5-3-4-16-13-29(9-8-18(16)19)21(30)12-26-24(31)32/h3-7,10,14,26H,8-9,12-13H2,1-2H3,(H,31,32). The molecule has 3 aromatic rings. The minimum atomic E-state index is -1.23. The summed E-state index contributed by atoms with van der Waals surface area (Å²) in [5, 5.41) is 24.4. The van der Waals surface area contributed by atoms with Gasteiger partial charge in [-0.25, -0.2) is 4.79 Å². The van der Waals surface area contributed by atoms with Gasteiger partial charge >= 0.3 is 6.09 Å². The van der Waals surface area contributed by atoms with Crippen LogP contribution in [0.2, 0.25) is 0 Å². The summed E-state index contributed by atoms with van der Waals surface area (Å²) in [6, 6.07) is 13.0. The molecule has 0 fully saturated rings. The predicted molar refractivity (Wildman–Crippen MR) is 121 cm³/mol.